The average molecular weight is 555 g/mol. The second-order valence-electron chi connectivity index (χ2n) is 8.38. The van der Waals surface area contributed by atoms with Crippen molar-refractivity contribution >= 4 is 39.5 Å². The largest absolute Gasteiger partial charge is 0.487 e. The van der Waals surface area contributed by atoms with E-state index in [-0.39, 0.29) is 36.7 Å². The SMILES string of the molecule is CC(=O)NC[C@H]1CN(c2ccc(OC3CCN(Cc4cc(Br)c([N+](=O)[O-])o4)CC3)c(F)c2)C(=O)O1. The summed E-state index contributed by atoms with van der Waals surface area (Å²) in [5.74, 6) is -0.543. The third-order valence-corrected chi connectivity index (χ3v) is 6.34. The summed E-state index contributed by atoms with van der Waals surface area (Å²) in [7, 11) is 0. The normalized spacial score (nSPS) is 19.0. The number of nitrogens with one attached hydrogen (secondary N) is 1. The molecular weight excluding hydrogens is 531 g/mol. The number of ether oxygens (including phenoxy) is 2. The second kappa shape index (κ2) is 10.6. The van der Waals surface area contributed by atoms with E-state index in [1.165, 1.54) is 24.0 Å². The van der Waals surface area contributed by atoms with Crippen LogP contribution in [-0.4, -0.2) is 60.2 Å². The standard InChI is InChI=1S/C22H24BrFN4O7/c1-13(29)25-10-17-12-27(22(30)35-17)14-2-3-20(19(24)8-14)33-15-4-6-26(7-5-15)11-16-9-18(23)21(34-16)28(31)32/h2-3,8-9,15,17H,4-7,10-12H2,1H3,(H,25,29)/t17-/m0/s1. The number of hydrogen-bond donors (Lipinski definition) is 1. The van der Waals surface area contributed by atoms with E-state index in [2.05, 4.69) is 26.1 Å². The molecule has 0 unspecified atom stereocenters. The van der Waals surface area contributed by atoms with E-state index >= 15 is 0 Å². The first-order valence-electron chi connectivity index (χ1n) is 11.0. The van der Waals surface area contributed by atoms with Gasteiger partial charge in [0.2, 0.25) is 5.91 Å². The van der Waals surface area contributed by atoms with Gasteiger partial charge in [0.15, 0.2) is 11.6 Å². The number of anilines is 1. The van der Waals surface area contributed by atoms with Crippen LogP contribution in [-0.2, 0) is 16.1 Å². The highest BCUT2D eigenvalue weighted by Gasteiger charge is 2.33. The van der Waals surface area contributed by atoms with Gasteiger partial charge in [-0.05, 0) is 40.9 Å². The van der Waals surface area contributed by atoms with Crippen molar-refractivity contribution in [2.45, 2.75) is 38.5 Å². The van der Waals surface area contributed by atoms with Crippen molar-refractivity contribution in [3.05, 3.63) is 50.4 Å². The quantitative estimate of drug-likeness (QED) is 0.387. The van der Waals surface area contributed by atoms with Gasteiger partial charge in [-0.1, -0.05) is 0 Å². The van der Waals surface area contributed by atoms with Crippen LogP contribution in [0.4, 0.5) is 20.8 Å². The lowest BCUT2D eigenvalue weighted by Crippen LogP contribution is -2.37. The first-order valence-corrected chi connectivity index (χ1v) is 11.8. The van der Waals surface area contributed by atoms with Gasteiger partial charge in [0, 0.05) is 32.1 Å². The maximum absolute atomic E-state index is 14.8. The minimum absolute atomic E-state index is 0.0974. The Hall–Kier alpha value is -3.19. The maximum Gasteiger partial charge on any atom is 0.447 e. The molecule has 1 aromatic heterocycles. The van der Waals surface area contributed by atoms with E-state index < -0.39 is 22.9 Å². The average Bonchev–Trinajstić information content (AvgIpc) is 3.37. The first kappa shape index (κ1) is 24.9. The number of hydrogen-bond acceptors (Lipinski definition) is 8. The highest BCUT2D eigenvalue weighted by molar-refractivity contribution is 9.10. The monoisotopic (exact) mass is 554 g/mol. The van der Waals surface area contributed by atoms with Crippen molar-refractivity contribution in [1.29, 1.82) is 0 Å². The van der Waals surface area contributed by atoms with E-state index in [1.807, 2.05) is 0 Å². The number of piperidine rings is 1. The summed E-state index contributed by atoms with van der Waals surface area (Å²) in [6.07, 6.45) is -0.00939. The number of nitro groups is 1. The fourth-order valence-corrected chi connectivity index (χ4v) is 4.52. The summed E-state index contributed by atoms with van der Waals surface area (Å²) in [5, 5.41) is 13.5. The zero-order valence-electron chi connectivity index (χ0n) is 18.9. The van der Waals surface area contributed by atoms with Gasteiger partial charge in [0.05, 0.1) is 25.3 Å². The summed E-state index contributed by atoms with van der Waals surface area (Å²) < 4.78 is 31.4. The zero-order chi connectivity index (χ0) is 25.1. The van der Waals surface area contributed by atoms with Gasteiger partial charge in [0.1, 0.15) is 27.4 Å². The topological polar surface area (TPSA) is 127 Å². The molecule has 0 saturated carbocycles. The van der Waals surface area contributed by atoms with Crippen LogP contribution in [0.1, 0.15) is 25.5 Å². The molecule has 3 heterocycles. The van der Waals surface area contributed by atoms with Crippen LogP contribution in [0.3, 0.4) is 0 Å². The van der Waals surface area contributed by atoms with E-state index in [4.69, 9.17) is 13.9 Å². The molecule has 11 nitrogen and oxygen atoms in total. The molecule has 2 fully saturated rings. The Morgan fingerprint density at radius 3 is 2.71 bits per heavy atom. The summed E-state index contributed by atoms with van der Waals surface area (Å²) in [6, 6.07) is 5.91. The molecule has 2 amide bonds. The highest BCUT2D eigenvalue weighted by atomic mass is 79.9. The van der Waals surface area contributed by atoms with Crippen LogP contribution in [0.2, 0.25) is 0 Å². The number of amides is 2. The molecule has 13 heteroatoms. The van der Waals surface area contributed by atoms with Crippen LogP contribution >= 0.6 is 15.9 Å². The molecule has 35 heavy (non-hydrogen) atoms. The lowest BCUT2D eigenvalue weighted by molar-refractivity contribution is -0.403. The minimum atomic E-state index is -0.602. The highest BCUT2D eigenvalue weighted by Crippen LogP contribution is 2.31. The van der Waals surface area contributed by atoms with E-state index in [0.29, 0.717) is 48.4 Å². The van der Waals surface area contributed by atoms with Crippen LogP contribution in [0, 0.1) is 15.9 Å². The molecule has 0 spiro atoms. The Kier molecular flexibility index (Phi) is 7.55. The van der Waals surface area contributed by atoms with Gasteiger partial charge >= 0.3 is 12.0 Å². The van der Waals surface area contributed by atoms with Crippen LogP contribution < -0.4 is 15.0 Å². The Bertz CT molecular complexity index is 1120. The molecule has 0 aliphatic carbocycles. The molecular formula is C22H24BrFN4O7. The van der Waals surface area contributed by atoms with Gasteiger partial charge in [-0.25, -0.2) is 9.18 Å². The number of carbonyl (C=O) groups is 2. The van der Waals surface area contributed by atoms with Gasteiger partial charge < -0.3 is 19.2 Å². The van der Waals surface area contributed by atoms with Crippen molar-refractivity contribution < 1.29 is 32.8 Å². The van der Waals surface area contributed by atoms with Crippen LogP contribution in [0.25, 0.3) is 0 Å². The Labute approximate surface area is 208 Å². The molecule has 2 saturated heterocycles. The molecule has 1 aromatic carbocycles. The number of halogens is 2. The number of cyclic esters (lactones) is 1. The van der Waals surface area contributed by atoms with E-state index in [0.717, 1.165) is 0 Å². The Balaban J connectivity index is 1.29. The third-order valence-electron chi connectivity index (χ3n) is 5.77. The predicted octanol–water partition coefficient (Wildman–Crippen LogP) is 3.59. The Morgan fingerprint density at radius 2 is 2.09 bits per heavy atom. The first-order chi connectivity index (χ1) is 16.7. The summed E-state index contributed by atoms with van der Waals surface area (Å²) >= 11 is 3.13. The molecule has 2 aliphatic rings. The number of furan rings is 1. The Morgan fingerprint density at radius 1 is 1.34 bits per heavy atom. The van der Waals surface area contributed by atoms with Crippen molar-refractivity contribution in [1.82, 2.24) is 10.2 Å². The maximum atomic E-state index is 14.8. The number of carbonyl (C=O) groups excluding carboxylic acids is 2. The van der Waals surface area contributed by atoms with Crippen LogP contribution in [0.15, 0.2) is 33.2 Å². The number of rotatable bonds is 8. The molecule has 0 bridgehead atoms. The fraction of sp³-hybridized carbons (Fsp3) is 0.455. The smallest absolute Gasteiger partial charge is 0.447 e. The van der Waals surface area contributed by atoms with E-state index in [9.17, 15) is 24.1 Å². The van der Waals surface area contributed by atoms with Crippen molar-refractivity contribution in [3.63, 3.8) is 0 Å². The summed E-state index contributed by atoms with van der Waals surface area (Å²) in [4.78, 5) is 37.0. The zero-order valence-corrected chi connectivity index (χ0v) is 20.5. The third kappa shape index (κ3) is 6.09. The predicted molar refractivity (Wildman–Crippen MR) is 125 cm³/mol. The summed E-state index contributed by atoms with van der Waals surface area (Å²) in [5.41, 5.74) is 0.346. The molecule has 2 aliphatic heterocycles. The van der Waals surface area contributed by atoms with Gasteiger partial charge in [-0.15, -0.1) is 0 Å². The molecule has 1 atom stereocenters. The molecule has 4 rings (SSSR count). The van der Waals surface area contributed by atoms with Crippen LogP contribution in [0.5, 0.6) is 5.75 Å². The molecule has 188 valence electrons. The minimum Gasteiger partial charge on any atom is -0.487 e. The van der Waals surface area contributed by atoms with Crippen molar-refractivity contribution in [2.75, 3.05) is 31.1 Å². The van der Waals surface area contributed by atoms with E-state index in [1.54, 1.807) is 12.1 Å². The number of nitrogens with zero attached hydrogens (tertiary/aromatic N) is 3. The number of likely N-dealkylation sites (tertiary alicyclic amines) is 1. The lowest BCUT2D eigenvalue weighted by Gasteiger charge is -2.31. The van der Waals surface area contributed by atoms with Gasteiger partial charge in [0.25, 0.3) is 0 Å². The van der Waals surface area contributed by atoms with Crippen molar-refractivity contribution in [2.24, 2.45) is 0 Å². The number of benzene rings is 1. The lowest BCUT2D eigenvalue weighted by atomic mass is 10.1. The van der Waals surface area contributed by atoms with Gasteiger partial charge in [-0.2, -0.15) is 0 Å². The fourth-order valence-electron chi connectivity index (χ4n) is 4.04. The molecule has 1 N–H and O–H groups in total. The van der Waals surface area contributed by atoms with Gasteiger partial charge in [-0.3, -0.25) is 24.7 Å². The molecule has 0 radical (unpaired) electrons. The summed E-state index contributed by atoms with van der Waals surface area (Å²) in [6.45, 7) is 3.51. The molecule has 2 aromatic rings. The van der Waals surface area contributed by atoms with Crippen molar-refractivity contribution in [3.8, 4) is 5.75 Å². The second-order valence-corrected chi connectivity index (χ2v) is 9.24.